The predicted octanol–water partition coefficient (Wildman–Crippen LogP) is 18.7. The lowest BCUT2D eigenvalue weighted by molar-refractivity contribution is -0.161. The van der Waals surface area contributed by atoms with E-state index in [1.165, 1.54) is 135 Å². The molecule has 0 amide bonds. The van der Waals surface area contributed by atoms with E-state index >= 15 is 0 Å². The fraction of sp³-hybridized carbons (Fsp3) is 0.940. The number of hydrogen-bond acceptors (Lipinski definition) is 15. The second kappa shape index (κ2) is 58.2. The number of unbranched alkanes of at least 4 members (excludes halogenated alkanes) is 32. The topological polar surface area (TPSA) is 237 Å². The van der Waals surface area contributed by atoms with Crippen LogP contribution in [0.4, 0.5) is 0 Å². The number of ether oxygens (including phenoxy) is 4. The Morgan fingerprint density at radius 1 is 0.337 bits per heavy atom. The number of hydrogen-bond donors (Lipinski definition) is 3. The molecular weight excluding hydrogens is 1140 g/mol. The van der Waals surface area contributed by atoms with Crippen molar-refractivity contribution in [2.75, 3.05) is 39.6 Å². The number of aliphatic hydroxyl groups is 1. The summed E-state index contributed by atoms with van der Waals surface area (Å²) in [5.41, 5.74) is 0. The van der Waals surface area contributed by atoms with Crippen molar-refractivity contribution in [3.05, 3.63) is 0 Å². The molecule has 3 N–H and O–H groups in total. The van der Waals surface area contributed by atoms with E-state index in [1.54, 1.807) is 0 Å². The van der Waals surface area contributed by atoms with E-state index in [2.05, 4.69) is 48.5 Å². The molecule has 0 saturated carbocycles. The summed E-state index contributed by atoms with van der Waals surface area (Å²) in [5, 5.41) is 10.5. The number of phosphoric ester groups is 2. The molecule has 17 nitrogen and oxygen atoms in total. The lowest BCUT2D eigenvalue weighted by Gasteiger charge is -2.21. The molecule has 0 aliphatic heterocycles. The van der Waals surface area contributed by atoms with Gasteiger partial charge < -0.3 is 33.8 Å². The van der Waals surface area contributed by atoms with Gasteiger partial charge in [-0.2, -0.15) is 0 Å². The van der Waals surface area contributed by atoms with Gasteiger partial charge in [-0.05, 0) is 43.4 Å². The van der Waals surface area contributed by atoms with Gasteiger partial charge in [-0.1, -0.05) is 280 Å². The van der Waals surface area contributed by atoms with Crippen LogP contribution >= 0.6 is 15.6 Å². The molecule has 0 aromatic carbocycles. The van der Waals surface area contributed by atoms with Crippen molar-refractivity contribution in [1.29, 1.82) is 0 Å². The number of carbonyl (C=O) groups is 4. The number of aliphatic hydroxyl groups excluding tert-OH is 1. The highest BCUT2D eigenvalue weighted by Gasteiger charge is 2.30. The molecule has 0 radical (unpaired) electrons. The first-order valence-corrected chi connectivity index (χ1v) is 37.9. The second-order valence-corrected chi connectivity index (χ2v) is 28.3. The normalized spacial score (nSPS) is 14.6. The van der Waals surface area contributed by atoms with Crippen LogP contribution in [0.1, 0.15) is 331 Å². The summed E-state index contributed by atoms with van der Waals surface area (Å²) < 4.78 is 67.9. The second-order valence-electron chi connectivity index (χ2n) is 25.4. The Bertz CT molecular complexity index is 1700. The largest absolute Gasteiger partial charge is 0.472 e. The summed E-state index contributed by atoms with van der Waals surface area (Å²) in [6.45, 7) is 11.7. The zero-order valence-corrected chi connectivity index (χ0v) is 57.6. The van der Waals surface area contributed by atoms with Gasteiger partial charge in [0.2, 0.25) is 0 Å². The Balaban J connectivity index is 5.17. The Morgan fingerprint density at radius 3 is 0.884 bits per heavy atom. The summed E-state index contributed by atoms with van der Waals surface area (Å²) in [7, 11) is -9.89. The monoisotopic (exact) mass is 1270 g/mol. The van der Waals surface area contributed by atoms with Gasteiger partial charge in [0.25, 0.3) is 0 Å². The van der Waals surface area contributed by atoms with E-state index in [0.29, 0.717) is 31.6 Å². The van der Waals surface area contributed by atoms with Gasteiger partial charge >= 0.3 is 39.5 Å². The lowest BCUT2D eigenvalue weighted by Crippen LogP contribution is -2.30. The minimum atomic E-state index is -4.95. The van der Waals surface area contributed by atoms with Gasteiger partial charge in [-0.15, -0.1) is 0 Å². The molecule has 0 heterocycles. The van der Waals surface area contributed by atoms with Crippen molar-refractivity contribution >= 4 is 39.5 Å². The van der Waals surface area contributed by atoms with E-state index in [-0.39, 0.29) is 25.7 Å². The minimum absolute atomic E-state index is 0.102. The highest BCUT2D eigenvalue weighted by atomic mass is 31.2. The summed E-state index contributed by atoms with van der Waals surface area (Å²) >= 11 is 0. The van der Waals surface area contributed by atoms with Gasteiger partial charge in [0.05, 0.1) is 26.4 Å². The molecule has 0 bridgehead atoms. The van der Waals surface area contributed by atoms with Gasteiger partial charge in [0.15, 0.2) is 12.2 Å². The third-order valence-corrected chi connectivity index (χ3v) is 17.6. The number of phosphoric acid groups is 2. The van der Waals surface area contributed by atoms with Crippen molar-refractivity contribution in [2.24, 2.45) is 17.8 Å². The zero-order chi connectivity index (χ0) is 63.8. The highest BCUT2D eigenvalue weighted by Crippen LogP contribution is 2.45. The molecule has 510 valence electrons. The Hall–Kier alpha value is -1.94. The maximum Gasteiger partial charge on any atom is 0.472 e. The van der Waals surface area contributed by atoms with E-state index in [4.69, 9.17) is 37.0 Å². The quantitative estimate of drug-likeness (QED) is 0.0222. The maximum atomic E-state index is 13.0. The van der Waals surface area contributed by atoms with E-state index in [0.717, 1.165) is 108 Å². The smallest absolute Gasteiger partial charge is 0.462 e. The number of carbonyl (C=O) groups excluding carboxylic acids is 4. The first-order valence-electron chi connectivity index (χ1n) is 34.9. The molecule has 6 atom stereocenters. The predicted molar refractivity (Wildman–Crippen MR) is 344 cm³/mol. The van der Waals surface area contributed by atoms with Gasteiger partial charge in [0.1, 0.15) is 19.3 Å². The molecule has 0 aliphatic carbocycles. The van der Waals surface area contributed by atoms with E-state index in [9.17, 15) is 43.2 Å². The van der Waals surface area contributed by atoms with Crippen LogP contribution in [0.2, 0.25) is 0 Å². The Kier molecular flexibility index (Phi) is 56.9. The first-order chi connectivity index (χ1) is 41.3. The number of rotatable bonds is 65. The van der Waals surface area contributed by atoms with Crippen LogP contribution in [0.15, 0.2) is 0 Å². The van der Waals surface area contributed by atoms with Crippen LogP contribution in [0.25, 0.3) is 0 Å². The summed E-state index contributed by atoms with van der Waals surface area (Å²) in [4.78, 5) is 72.1. The van der Waals surface area contributed by atoms with Gasteiger partial charge in [0, 0.05) is 25.7 Å². The molecule has 86 heavy (non-hydrogen) atoms. The van der Waals surface area contributed by atoms with Crippen LogP contribution in [0.5, 0.6) is 0 Å². The van der Waals surface area contributed by atoms with E-state index < -0.39 is 97.5 Å². The summed E-state index contributed by atoms with van der Waals surface area (Å²) in [6.07, 6.45) is 40.7. The van der Waals surface area contributed by atoms with Crippen molar-refractivity contribution in [2.45, 2.75) is 349 Å². The van der Waals surface area contributed by atoms with Gasteiger partial charge in [-0.25, -0.2) is 9.13 Å². The lowest BCUT2D eigenvalue weighted by atomic mass is 9.99. The molecular formula is C67H130O17P2. The molecule has 0 rings (SSSR count). The molecule has 0 aromatic rings. The van der Waals surface area contributed by atoms with Crippen LogP contribution in [0.3, 0.4) is 0 Å². The molecule has 0 spiro atoms. The van der Waals surface area contributed by atoms with Crippen LogP contribution < -0.4 is 0 Å². The third kappa shape index (κ3) is 59.7. The van der Waals surface area contributed by atoms with Crippen molar-refractivity contribution in [1.82, 2.24) is 0 Å². The maximum absolute atomic E-state index is 13.0. The van der Waals surface area contributed by atoms with Crippen molar-refractivity contribution in [3.8, 4) is 0 Å². The summed E-state index contributed by atoms with van der Waals surface area (Å²) in [5.74, 6) is 0.158. The summed E-state index contributed by atoms with van der Waals surface area (Å²) in [6, 6.07) is 0. The number of esters is 4. The third-order valence-electron chi connectivity index (χ3n) is 15.7. The standard InChI is InChI=1S/C67H130O17P2/c1-8-10-11-31-41-48-64(69)77-54-62(83-67(72)51-44-37-30-24-26-33-39-46-59(5)6)56-81-85(73,74)79-52-61(68)53-80-86(75,76)82-57-63(55-78-65(70)49-42-35-28-22-19-18-21-27-34-40-47-60(7)9-2)84-66(71)50-43-36-29-23-17-15-13-12-14-16-20-25-32-38-45-58(3)4/h58-63,68H,8-57H2,1-7H3,(H,73,74)(H,75,76)/t60?,61-,62+,63+/m0/s1. The minimum Gasteiger partial charge on any atom is -0.462 e. The average molecular weight is 1270 g/mol. The van der Waals surface area contributed by atoms with Crippen LogP contribution in [-0.4, -0.2) is 96.7 Å². The molecule has 3 unspecified atom stereocenters. The van der Waals surface area contributed by atoms with Crippen molar-refractivity contribution < 1.29 is 80.2 Å². The Labute approximate surface area is 524 Å². The van der Waals surface area contributed by atoms with E-state index in [1.807, 2.05) is 0 Å². The molecule has 0 aliphatic rings. The molecule has 0 saturated heterocycles. The first kappa shape index (κ1) is 84.1. The molecule has 0 fully saturated rings. The molecule has 19 heteroatoms. The Morgan fingerprint density at radius 2 is 0.593 bits per heavy atom. The fourth-order valence-electron chi connectivity index (χ4n) is 9.98. The average Bonchev–Trinajstić information content (AvgIpc) is 3.65. The van der Waals surface area contributed by atoms with Crippen LogP contribution in [0, 0.1) is 17.8 Å². The van der Waals surface area contributed by atoms with Crippen molar-refractivity contribution in [3.63, 3.8) is 0 Å². The SMILES string of the molecule is CCCCCCCC(=O)OC[C@H](COP(=O)(O)OC[C@H](O)COP(=O)(O)OC[C@@H](COC(=O)CCCCCCCCCCCCC(C)CC)OC(=O)CCCCCCCCCCCCCCCCC(C)C)OC(=O)CCCCCCCCCC(C)C. The van der Waals surface area contributed by atoms with Crippen LogP contribution in [-0.2, 0) is 65.4 Å². The highest BCUT2D eigenvalue weighted by molar-refractivity contribution is 7.47. The fourth-order valence-corrected chi connectivity index (χ4v) is 11.6. The van der Waals surface area contributed by atoms with Gasteiger partial charge in [-0.3, -0.25) is 37.3 Å². The molecule has 0 aromatic heterocycles. The zero-order valence-electron chi connectivity index (χ0n) is 55.8.